The molecule has 0 bridgehead atoms. The number of anilines is 3. The van der Waals surface area contributed by atoms with Gasteiger partial charge in [-0.05, 0) is 77.2 Å². The van der Waals surface area contributed by atoms with Crippen LogP contribution in [0.2, 0.25) is 0 Å². The number of benzene rings is 8. The Bertz CT molecular complexity index is 2760. The fourth-order valence-corrected chi connectivity index (χ4v) is 7.56. The minimum Gasteiger partial charge on any atom is -0.456 e. The highest BCUT2D eigenvalue weighted by molar-refractivity contribution is 6.14. The van der Waals surface area contributed by atoms with E-state index < -0.39 is 0 Å². The van der Waals surface area contributed by atoms with Crippen molar-refractivity contribution in [1.29, 1.82) is 0 Å². The molecule has 0 aliphatic heterocycles. The zero-order valence-corrected chi connectivity index (χ0v) is 26.6. The van der Waals surface area contributed by atoms with Gasteiger partial charge in [0.1, 0.15) is 11.2 Å². The highest BCUT2D eigenvalue weighted by Gasteiger charge is 2.21. The molecule has 0 amide bonds. The average molecular weight is 627 g/mol. The number of hydrogen-bond acceptors (Lipinski definition) is 2. The second-order valence-corrected chi connectivity index (χ2v) is 12.5. The van der Waals surface area contributed by atoms with E-state index in [0.717, 1.165) is 44.7 Å². The van der Waals surface area contributed by atoms with Crippen LogP contribution in [0.15, 0.2) is 186 Å². The van der Waals surface area contributed by atoms with E-state index in [9.17, 15) is 0 Å². The van der Waals surface area contributed by atoms with Crippen molar-refractivity contribution in [2.24, 2.45) is 0 Å². The maximum absolute atomic E-state index is 6.33. The summed E-state index contributed by atoms with van der Waals surface area (Å²) in [5.74, 6) is 0. The van der Waals surface area contributed by atoms with Crippen LogP contribution in [0.4, 0.5) is 17.1 Å². The van der Waals surface area contributed by atoms with Crippen LogP contribution in [0.1, 0.15) is 0 Å². The van der Waals surface area contributed by atoms with Crippen molar-refractivity contribution < 1.29 is 4.42 Å². The second-order valence-electron chi connectivity index (χ2n) is 12.5. The maximum atomic E-state index is 6.33. The molecule has 0 radical (unpaired) electrons. The molecule has 8 aromatic carbocycles. The molecule has 0 saturated heterocycles. The van der Waals surface area contributed by atoms with E-state index in [1.165, 1.54) is 43.7 Å². The molecule has 10 rings (SSSR count). The third-order valence-electron chi connectivity index (χ3n) is 9.79. The van der Waals surface area contributed by atoms with Crippen molar-refractivity contribution >= 4 is 71.6 Å². The van der Waals surface area contributed by atoms with Crippen LogP contribution < -0.4 is 4.90 Å². The van der Waals surface area contributed by atoms with E-state index in [-0.39, 0.29) is 0 Å². The van der Waals surface area contributed by atoms with Crippen molar-refractivity contribution in [2.45, 2.75) is 0 Å². The van der Waals surface area contributed by atoms with Crippen LogP contribution in [0.3, 0.4) is 0 Å². The predicted octanol–water partition coefficient (Wildman–Crippen LogP) is 13.0. The second kappa shape index (κ2) is 11.0. The number of aromatic nitrogens is 1. The Morgan fingerprint density at radius 3 is 1.65 bits per heavy atom. The summed E-state index contributed by atoms with van der Waals surface area (Å²) in [4.78, 5) is 2.38. The van der Waals surface area contributed by atoms with Crippen LogP contribution in [0, 0.1) is 0 Å². The summed E-state index contributed by atoms with van der Waals surface area (Å²) in [5.41, 5.74) is 11.0. The first-order valence-electron chi connectivity index (χ1n) is 16.7. The van der Waals surface area contributed by atoms with Crippen LogP contribution in [-0.4, -0.2) is 4.57 Å². The third kappa shape index (κ3) is 4.37. The number of para-hydroxylation sites is 3. The predicted molar refractivity (Wildman–Crippen MR) is 206 cm³/mol. The van der Waals surface area contributed by atoms with Gasteiger partial charge in [-0.1, -0.05) is 121 Å². The molecule has 0 atom stereocenters. The number of fused-ring (bicyclic) bond motifs is 7. The van der Waals surface area contributed by atoms with E-state index in [2.05, 4.69) is 179 Å². The van der Waals surface area contributed by atoms with Crippen molar-refractivity contribution in [1.82, 2.24) is 4.57 Å². The van der Waals surface area contributed by atoms with E-state index in [0.29, 0.717) is 0 Å². The maximum Gasteiger partial charge on any atom is 0.137 e. The molecular formula is C46H30N2O. The Morgan fingerprint density at radius 1 is 0.388 bits per heavy atom. The molecule has 0 saturated carbocycles. The fourth-order valence-electron chi connectivity index (χ4n) is 7.56. The first kappa shape index (κ1) is 27.5. The minimum atomic E-state index is 0.879. The van der Waals surface area contributed by atoms with Gasteiger partial charge in [0, 0.05) is 32.9 Å². The monoisotopic (exact) mass is 626 g/mol. The molecule has 0 spiro atoms. The SMILES string of the molecule is c1ccc2c(N(c3ccc(-c4ccc(-n5c6ccccc6c6ccccc65)cc4)cc3)c3cccc4oc5ccccc5c34)cccc2c1. The van der Waals surface area contributed by atoms with Gasteiger partial charge in [0.15, 0.2) is 0 Å². The Kier molecular flexibility index (Phi) is 6.18. The molecule has 0 unspecified atom stereocenters. The van der Waals surface area contributed by atoms with Gasteiger partial charge in [-0.2, -0.15) is 0 Å². The van der Waals surface area contributed by atoms with Crippen LogP contribution in [0.5, 0.6) is 0 Å². The van der Waals surface area contributed by atoms with Gasteiger partial charge < -0.3 is 13.9 Å². The van der Waals surface area contributed by atoms with E-state index >= 15 is 0 Å². The molecule has 0 aliphatic carbocycles. The summed E-state index contributed by atoms with van der Waals surface area (Å²) in [5, 5.41) is 7.16. The normalized spacial score (nSPS) is 11.7. The Morgan fingerprint density at radius 2 is 0.918 bits per heavy atom. The van der Waals surface area contributed by atoms with Crippen LogP contribution >= 0.6 is 0 Å². The molecule has 2 aromatic heterocycles. The largest absolute Gasteiger partial charge is 0.456 e. The van der Waals surface area contributed by atoms with Gasteiger partial charge in [0.25, 0.3) is 0 Å². The topological polar surface area (TPSA) is 21.3 Å². The smallest absolute Gasteiger partial charge is 0.137 e. The molecule has 10 aromatic rings. The zero-order chi connectivity index (χ0) is 32.3. The van der Waals surface area contributed by atoms with Gasteiger partial charge in [0.05, 0.1) is 27.8 Å². The zero-order valence-electron chi connectivity index (χ0n) is 26.6. The number of nitrogens with zero attached hydrogens (tertiary/aromatic N) is 2. The molecule has 0 fully saturated rings. The summed E-state index contributed by atoms with van der Waals surface area (Å²) in [6.45, 7) is 0. The van der Waals surface area contributed by atoms with E-state index in [1.807, 2.05) is 12.1 Å². The van der Waals surface area contributed by atoms with Crippen molar-refractivity contribution in [2.75, 3.05) is 4.90 Å². The van der Waals surface area contributed by atoms with Gasteiger partial charge in [-0.25, -0.2) is 0 Å². The summed E-state index contributed by atoms with van der Waals surface area (Å²) >= 11 is 0. The van der Waals surface area contributed by atoms with E-state index in [1.54, 1.807) is 0 Å². The van der Waals surface area contributed by atoms with Crippen molar-refractivity contribution in [3.8, 4) is 16.8 Å². The number of hydrogen-bond donors (Lipinski definition) is 0. The summed E-state index contributed by atoms with van der Waals surface area (Å²) < 4.78 is 8.70. The minimum absolute atomic E-state index is 0.879. The van der Waals surface area contributed by atoms with Crippen LogP contribution in [-0.2, 0) is 0 Å². The molecular weight excluding hydrogens is 597 g/mol. The number of rotatable bonds is 5. The summed E-state index contributed by atoms with van der Waals surface area (Å²) in [6, 6.07) is 64.9. The van der Waals surface area contributed by atoms with Gasteiger partial charge in [0.2, 0.25) is 0 Å². The third-order valence-corrected chi connectivity index (χ3v) is 9.79. The lowest BCUT2D eigenvalue weighted by molar-refractivity contribution is 0.669. The fraction of sp³-hybridized carbons (Fsp3) is 0. The molecule has 3 nitrogen and oxygen atoms in total. The highest BCUT2D eigenvalue weighted by atomic mass is 16.3. The molecule has 49 heavy (non-hydrogen) atoms. The lowest BCUT2D eigenvalue weighted by Crippen LogP contribution is -2.10. The average Bonchev–Trinajstić information content (AvgIpc) is 3.72. The highest BCUT2D eigenvalue weighted by Crippen LogP contribution is 2.45. The quantitative estimate of drug-likeness (QED) is 0.190. The lowest BCUT2D eigenvalue weighted by atomic mass is 10.0. The first-order chi connectivity index (χ1) is 24.3. The molecule has 0 N–H and O–H groups in total. The van der Waals surface area contributed by atoms with Crippen molar-refractivity contribution in [3.63, 3.8) is 0 Å². The molecule has 3 heteroatoms. The van der Waals surface area contributed by atoms with Gasteiger partial charge in [-0.3, -0.25) is 0 Å². The number of furan rings is 1. The van der Waals surface area contributed by atoms with Gasteiger partial charge >= 0.3 is 0 Å². The Balaban J connectivity index is 1.09. The lowest BCUT2D eigenvalue weighted by Gasteiger charge is -2.27. The molecule has 230 valence electrons. The molecule has 0 aliphatic rings. The molecule has 2 heterocycles. The van der Waals surface area contributed by atoms with Crippen molar-refractivity contribution in [3.05, 3.63) is 182 Å². The standard InChI is InChI=1S/C46H30N2O/c1-2-13-36-33(11-1)12-9-19-40(36)48(43-20-10-22-45-46(43)39-16-5-8-21-44(39)49-45)35-29-25-32(26-30-35)31-23-27-34(28-24-31)47-41-17-6-3-14-37(41)38-15-4-7-18-42(38)47/h1-30H. The summed E-state index contributed by atoms with van der Waals surface area (Å²) in [6.07, 6.45) is 0. The summed E-state index contributed by atoms with van der Waals surface area (Å²) in [7, 11) is 0. The first-order valence-corrected chi connectivity index (χ1v) is 16.7. The Hall–Kier alpha value is -6.58. The van der Waals surface area contributed by atoms with E-state index in [4.69, 9.17) is 4.42 Å². The Labute approximate surface area is 283 Å². The van der Waals surface area contributed by atoms with Gasteiger partial charge in [-0.15, -0.1) is 0 Å². The van der Waals surface area contributed by atoms with Crippen LogP contribution in [0.25, 0.3) is 71.3 Å².